The summed E-state index contributed by atoms with van der Waals surface area (Å²) in [6.45, 7) is 1.81. The lowest BCUT2D eigenvalue weighted by molar-refractivity contribution is -0.137. The molecular weight excluding hydrogens is 479 g/mol. The number of carbonyl (C=O) groups is 2. The van der Waals surface area contributed by atoms with E-state index in [0.29, 0.717) is 16.6 Å². The van der Waals surface area contributed by atoms with Gasteiger partial charge in [-0.3, -0.25) is 9.59 Å². The van der Waals surface area contributed by atoms with Gasteiger partial charge in [0.05, 0.1) is 39.2 Å². The molecule has 12 heteroatoms. The van der Waals surface area contributed by atoms with E-state index in [1.165, 1.54) is 6.20 Å². The average Bonchev–Trinajstić information content (AvgIpc) is 3.43. The topological polar surface area (TPSA) is 101 Å². The fourth-order valence-corrected chi connectivity index (χ4v) is 4.19. The fraction of sp³-hybridized carbons (Fsp3) is 0.190. The Morgan fingerprint density at radius 2 is 1.97 bits per heavy atom. The quantitative estimate of drug-likeness (QED) is 0.335. The van der Waals surface area contributed by atoms with Gasteiger partial charge in [0.2, 0.25) is 0 Å². The molecule has 0 fully saturated rings. The Bertz CT molecular complexity index is 1350. The van der Waals surface area contributed by atoms with Crippen LogP contribution in [0.4, 0.5) is 19.0 Å². The number of fused-ring (bicyclic) bond motifs is 1. The number of aromatic nitrogens is 4. The van der Waals surface area contributed by atoms with Crippen LogP contribution >= 0.6 is 22.9 Å². The average molecular weight is 494 g/mol. The van der Waals surface area contributed by atoms with Crippen LogP contribution in [0.1, 0.15) is 49.9 Å². The summed E-state index contributed by atoms with van der Waals surface area (Å²) in [5, 5.41) is 2.30. The van der Waals surface area contributed by atoms with Gasteiger partial charge in [-0.25, -0.2) is 15.0 Å². The molecule has 0 spiro atoms. The molecule has 0 bridgehead atoms. The molecule has 0 aliphatic heterocycles. The number of imidazole rings is 1. The largest absolute Gasteiger partial charge is 0.418 e. The molecular formula is C21H15ClF3N5O2S. The minimum atomic E-state index is -4.68. The van der Waals surface area contributed by atoms with Crippen LogP contribution in [-0.2, 0) is 6.18 Å². The standard InChI is InChI=1S/C21H15ClF3N5O2S/c1-10(4-16(31)11-2-3-14-15(5-11)29-9-28-14)20-27-8-17(33-20)19(32)30-18-6-12(21(23,24)25)13(22)7-26-18/h2-3,5-10H,4H2,1H3,(H,28,29)(H,26,30,32)/t10-/m0/s1. The number of rotatable bonds is 6. The number of pyridine rings is 1. The zero-order chi connectivity index (χ0) is 23.8. The van der Waals surface area contributed by atoms with Gasteiger partial charge < -0.3 is 10.3 Å². The van der Waals surface area contributed by atoms with Crippen LogP contribution in [0.5, 0.6) is 0 Å². The van der Waals surface area contributed by atoms with Gasteiger partial charge in [-0.05, 0) is 24.3 Å². The third-order valence-electron chi connectivity index (χ3n) is 4.81. The van der Waals surface area contributed by atoms with Gasteiger partial charge in [0, 0.05) is 24.1 Å². The number of nitrogens with zero attached hydrogens (tertiary/aromatic N) is 3. The number of carbonyl (C=O) groups excluding carboxylic acids is 2. The van der Waals surface area contributed by atoms with E-state index in [1.807, 2.05) is 6.92 Å². The van der Waals surface area contributed by atoms with Crippen molar-refractivity contribution in [2.75, 3.05) is 5.32 Å². The number of benzene rings is 1. The normalized spacial score (nSPS) is 12.6. The first-order chi connectivity index (χ1) is 15.6. The van der Waals surface area contributed by atoms with E-state index in [9.17, 15) is 22.8 Å². The fourth-order valence-electron chi connectivity index (χ4n) is 3.11. The Morgan fingerprint density at radius 1 is 1.18 bits per heavy atom. The summed E-state index contributed by atoms with van der Waals surface area (Å²) in [4.78, 5) is 40.3. The van der Waals surface area contributed by atoms with Gasteiger partial charge in [-0.2, -0.15) is 13.2 Å². The molecule has 33 heavy (non-hydrogen) atoms. The van der Waals surface area contributed by atoms with Crippen LogP contribution in [0.15, 0.2) is 43.0 Å². The molecule has 0 saturated carbocycles. The van der Waals surface area contributed by atoms with Crippen molar-refractivity contribution in [3.05, 3.63) is 69.0 Å². The lowest BCUT2D eigenvalue weighted by atomic mass is 10.00. The molecule has 4 rings (SSSR count). The first-order valence-electron chi connectivity index (χ1n) is 9.58. The molecule has 4 aromatic rings. The van der Waals surface area contributed by atoms with Crippen molar-refractivity contribution in [1.29, 1.82) is 0 Å². The molecule has 0 aliphatic rings. The van der Waals surface area contributed by atoms with Gasteiger partial charge in [-0.1, -0.05) is 18.5 Å². The number of hydrogen-bond acceptors (Lipinski definition) is 6. The smallest absolute Gasteiger partial charge is 0.345 e. The van der Waals surface area contributed by atoms with Crippen LogP contribution in [-0.4, -0.2) is 31.6 Å². The zero-order valence-corrected chi connectivity index (χ0v) is 18.5. The van der Waals surface area contributed by atoms with E-state index < -0.39 is 22.7 Å². The second-order valence-corrected chi connectivity index (χ2v) is 8.70. The SMILES string of the molecule is C[C@@H](CC(=O)c1ccc2nc[nH]c2c1)c1ncc(C(=O)Nc2cc(C(F)(F)F)c(Cl)cn2)s1. The maximum atomic E-state index is 13.0. The lowest BCUT2D eigenvalue weighted by Gasteiger charge is -2.10. The van der Waals surface area contributed by atoms with Crippen molar-refractivity contribution in [1.82, 2.24) is 19.9 Å². The monoisotopic (exact) mass is 493 g/mol. The Morgan fingerprint density at radius 3 is 2.73 bits per heavy atom. The molecule has 1 aromatic carbocycles. The maximum absolute atomic E-state index is 13.0. The van der Waals surface area contributed by atoms with Crippen LogP contribution in [0.3, 0.4) is 0 Å². The Hall–Kier alpha value is -3.31. The summed E-state index contributed by atoms with van der Waals surface area (Å²) in [6.07, 6.45) is -0.823. The van der Waals surface area contributed by atoms with Crippen LogP contribution in [0.2, 0.25) is 5.02 Å². The second-order valence-electron chi connectivity index (χ2n) is 7.23. The van der Waals surface area contributed by atoms with Crippen molar-refractivity contribution in [2.24, 2.45) is 0 Å². The highest BCUT2D eigenvalue weighted by Gasteiger charge is 2.34. The van der Waals surface area contributed by atoms with Crippen molar-refractivity contribution in [3.63, 3.8) is 0 Å². The Balaban J connectivity index is 1.43. The summed E-state index contributed by atoms with van der Waals surface area (Å²) in [5.41, 5.74) is 0.946. The van der Waals surface area contributed by atoms with E-state index >= 15 is 0 Å². The number of Topliss-reactive ketones (excluding diaryl/α,β-unsaturated/α-hetero) is 1. The molecule has 1 atom stereocenters. The number of alkyl halides is 3. The van der Waals surface area contributed by atoms with Gasteiger partial charge in [0.15, 0.2) is 5.78 Å². The third kappa shape index (κ3) is 5.04. The Labute approximate surface area is 194 Å². The molecule has 7 nitrogen and oxygen atoms in total. The number of amides is 1. The molecule has 0 saturated heterocycles. The molecule has 0 aliphatic carbocycles. The Kier molecular flexibility index (Phi) is 6.17. The predicted octanol–water partition coefficient (Wildman–Crippen LogP) is 5.72. The minimum Gasteiger partial charge on any atom is -0.345 e. The molecule has 2 N–H and O–H groups in total. The van der Waals surface area contributed by atoms with Gasteiger partial charge in [0.1, 0.15) is 10.7 Å². The summed E-state index contributed by atoms with van der Waals surface area (Å²) in [5.74, 6) is -1.31. The van der Waals surface area contributed by atoms with Crippen molar-refractivity contribution in [3.8, 4) is 0 Å². The number of ketones is 1. The zero-order valence-electron chi connectivity index (χ0n) is 16.9. The first-order valence-corrected chi connectivity index (χ1v) is 10.8. The summed E-state index contributed by atoms with van der Waals surface area (Å²) >= 11 is 6.60. The highest BCUT2D eigenvalue weighted by Crippen LogP contribution is 2.35. The summed E-state index contributed by atoms with van der Waals surface area (Å²) < 4.78 is 39.0. The summed E-state index contributed by atoms with van der Waals surface area (Å²) in [6, 6.07) is 5.85. The molecule has 3 aromatic heterocycles. The highest BCUT2D eigenvalue weighted by atomic mass is 35.5. The van der Waals surface area contributed by atoms with E-state index in [1.54, 1.807) is 24.5 Å². The molecule has 0 radical (unpaired) electrons. The van der Waals surface area contributed by atoms with E-state index in [0.717, 1.165) is 28.6 Å². The van der Waals surface area contributed by atoms with E-state index in [-0.39, 0.29) is 28.8 Å². The predicted molar refractivity (Wildman–Crippen MR) is 118 cm³/mol. The second kappa shape index (κ2) is 8.91. The molecule has 0 unspecified atom stereocenters. The number of nitrogens with one attached hydrogen (secondary N) is 2. The minimum absolute atomic E-state index is 0.0924. The number of halogens is 4. The maximum Gasteiger partial charge on any atom is 0.418 e. The van der Waals surface area contributed by atoms with Gasteiger partial charge >= 0.3 is 6.18 Å². The van der Waals surface area contributed by atoms with Crippen molar-refractivity contribution < 1.29 is 22.8 Å². The molecule has 1 amide bonds. The van der Waals surface area contributed by atoms with Crippen LogP contribution in [0.25, 0.3) is 11.0 Å². The number of anilines is 1. The number of H-pyrrole nitrogens is 1. The van der Waals surface area contributed by atoms with Gasteiger partial charge in [-0.15, -0.1) is 11.3 Å². The van der Waals surface area contributed by atoms with Crippen LogP contribution < -0.4 is 5.32 Å². The molecule has 170 valence electrons. The number of aromatic amines is 1. The van der Waals surface area contributed by atoms with Crippen molar-refractivity contribution in [2.45, 2.75) is 25.4 Å². The number of thiazole rings is 1. The van der Waals surface area contributed by atoms with Gasteiger partial charge in [0.25, 0.3) is 5.91 Å². The third-order valence-corrected chi connectivity index (χ3v) is 6.33. The van der Waals surface area contributed by atoms with Crippen LogP contribution in [0, 0.1) is 0 Å². The number of hydrogen-bond donors (Lipinski definition) is 2. The first kappa shape index (κ1) is 22.9. The lowest BCUT2D eigenvalue weighted by Crippen LogP contribution is -2.13. The van der Waals surface area contributed by atoms with E-state index in [2.05, 4.69) is 25.3 Å². The van der Waals surface area contributed by atoms with E-state index in [4.69, 9.17) is 11.6 Å². The van der Waals surface area contributed by atoms with Crippen molar-refractivity contribution >= 4 is 51.5 Å². The highest BCUT2D eigenvalue weighted by molar-refractivity contribution is 7.13. The molecule has 3 heterocycles. The summed E-state index contributed by atoms with van der Waals surface area (Å²) in [7, 11) is 0.